The van der Waals surface area contributed by atoms with Crippen molar-refractivity contribution in [1.82, 2.24) is 0 Å². The third-order valence-electron chi connectivity index (χ3n) is 5.62. The standard InChI is InChI=1S/C22H35Cl/c1-3-5-6-8-19-9-11-20(12-10-19)17-22(23)21-15-13-18(7-4-2)14-16-21/h9-12,18,21-22H,3-8,13-17H2,1-2H3. The second kappa shape index (κ2) is 10.4. The highest BCUT2D eigenvalue weighted by Gasteiger charge is 2.26. The molecule has 1 aliphatic carbocycles. The minimum atomic E-state index is 0.323. The summed E-state index contributed by atoms with van der Waals surface area (Å²) in [5.74, 6) is 1.71. The first-order valence-corrected chi connectivity index (χ1v) is 10.4. The van der Waals surface area contributed by atoms with Crippen LogP contribution in [0.2, 0.25) is 0 Å². The van der Waals surface area contributed by atoms with Crippen LogP contribution in [0.3, 0.4) is 0 Å². The Morgan fingerprint density at radius 1 is 0.913 bits per heavy atom. The zero-order chi connectivity index (χ0) is 16.5. The summed E-state index contributed by atoms with van der Waals surface area (Å²) in [7, 11) is 0. The van der Waals surface area contributed by atoms with Gasteiger partial charge in [-0.25, -0.2) is 0 Å². The van der Waals surface area contributed by atoms with Crippen molar-refractivity contribution in [2.75, 3.05) is 0 Å². The molecule has 0 N–H and O–H groups in total. The van der Waals surface area contributed by atoms with Gasteiger partial charge in [0.15, 0.2) is 0 Å². The number of unbranched alkanes of at least 4 members (excludes halogenated alkanes) is 2. The van der Waals surface area contributed by atoms with Crippen LogP contribution >= 0.6 is 11.6 Å². The summed E-state index contributed by atoms with van der Waals surface area (Å²) in [6.45, 7) is 4.57. The lowest BCUT2D eigenvalue weighted by Crippen LogP contribution is -2.23. The minimum absolute atomic E-state index is 0.323. The Balaban J connectivity index is 1.75. The molecule has 1 fully saturated rings. The van der Waals surface area contributed by atoms with Crippen molar-refractivity contribution in [2.45, 2.75) is 89.9 Å². The van der Waals surface area contributed by atoms with Crippen LogP contribution < -0.4 is 0 Å². The van der Waals surface area contributed by atoms with Gasteiger partial charge in [0.1, 0.15) is 0 Å². The van der Waals surface area contributed by atoms with E-state index in [2.05, 4.69) is 38.1 Å². The van der Waals surface area contributed by atoms with Crippen molar-refractivity contribution in [1.29, 1.82) is 0 Å². The fourth-order valence-corrected chi connectivity index (χ4v) is 4.49. The van der Waals surface area contributed by atoms with E-state index in [4.69, 9.17) is 11.6 Å². The molecule has 0 aromatic heterocycles. The summed E-state index contributed by atoms with van der Waals surface area (Å²) < 4.78 is 0. The van der Waals surface area contributed by atoms with E-state index in [1.165, 1.54) is 75.3 Å². The van der Waals surface area contributed by atoms with Gasteiger partial charge in [-0.1, -0.05) is 76.6 Å². The first-order valence-electron chi connectivity index (χ1n) is 9.94. The van der Waals surface area contributed by atoms with Crippen molar-refractivity contribution >= 4 is 11.6 Å². The topological polar surface area (TPSA) is 0 Å². The second-order valence-electron chi connectivity index (χ2n) is 7.56. The quantitative estimate of drug-likeness (QED) is 0.331. The molecule has 0 bridgehead atoms. The number of hydrogen-bond donors (Lipinski definition) is 0. The summed E-state index contributed by atoms with van der Waals surface area (Å²) in [6.07, 6.45) is 14.5. The summed E-state index contributed by atoms with van der Waals surface area (Å²) in [5.41, 5.74) is 2.90. The summed E-state index contributed by atoms with van der Waals surface area (Å²) in [5, 5.41) is 0.323. The molecule has 0 heterocycles. The van der Waals surface area contributed by atoms with Crippen molar-refractivity contribution < 1.29 is 0 Å². The first-order chi connectivity index (χ1) is 11.2. The highest BCUT2D eigenvalue weighted by Crippen LogP contribution is 2.35. The molecule has 1 aromatic rings. The number of aryl methyl sites for hydroxylation is 1. The van der Waals surface area contributed by atoms with Crippen LogP contribution in [-0.4, -0.2) is 5.38 Å². The zero-order valence-electron chi connectivity index (χ0n) is 15.2. The van der Waals surface area contributed by atoms with Gasteiger partial charge in [-0.05, 0) is 55.1 Å². The maximum atomic E-state index is 6.76. The SMILES string of the molecule is CCCCCc1ccc(CC(Cl)C2CCC(CCC)CC2)cc1. The van der Waals surface area contributed by atoms with E-state index in [-0.39, 0.29) is 0 Å². The predicted octanol–water partition coefficient (Wildman–Crippen LogP) is 7.18. The van der Waals surface area contributed by atoms with Gasteiger partial charge in [-0.2, -0.15) is 0 Å². The Hall–Kier alpha value is -0.490. The normalized spacial score (nSPS) is 22.9. The molecule has 0 nitrogen and oxygen atoms in total. The maximum absolute atomic E-state index is 6.76. The van der Waals surface area contributed by atoms with Gasteiger partial charge in [-0.3, -0.25) is 0 Å². The van der Waals surface area contributed by atoms with Crippen molar-refractivity contribution in [3.05, 3.63) is 35.4 Å². The fraction of sp³-hybridized carbons (Fsp3) is 0.727. The maximum Gasteiger partial charge on any atom is 0.0404 e. The number of benzene rings is 1. The molecule has 130 valence electrons. The lowest BCUT2D eigenvalue weighted by atomic mass is 9.78. The molecule has 23 heavy (non-hydrogen) atoms. The fourth-order valence-electron chi connectivity index (χ4n) is 4.06. The molecule has 1 saturated carbocycles. The molecule has 0 radical (unpaired) electrons. The van der Waals surface area contributed by atoms with E-state index < -0.39 is 0 Å². The summed E-state index contributed by atoms with van der Waals surface area (Å²) in [6, 6.07) is 9.23. The Morgan fingerprint density at radius 2 is 1.57 bits per heavy atom. The van der Waals surface area contributed by atoms with Crippen molar-refractivity contribution in [2.24, 2.45) is 11.8 Å². The molecule has 1 aliphatic rings. The molecule has 1 heteroatoms. The van der Waals surface area contributed by atoms with Gasteiger partial charge in [-0.15, -0.1) is 11.6 Å². The largest absolute Gasteiger partial charge is 0.122 e. The van der Waals surface area contributed by atoms with Crippen molar-refractivity contribution in [3.8, 4) is 0 Å². The monoisotopic (exact) mass is 334 g/mol. The lowest BCUT2D eigenvalue weighted by Gasteiger charge is -2.31. The van der Waals surface area contributed by atoms with Crippen LogP contribution in [-0.2, 0) is 12.8 Å². The third-order valence-corrected chi connectivity index (χ3v) is 6.13. The van der Waals surface area contributed by atoms with Crippen molar-refractivity contribution in [3.63, 3.8) is 0 Å². The molecule has 0 saturated heterocycles. The Kier molecular flexibility index (Phi) is 8.51. The van der Waals surface area contributed by atoms with Gasteiger partial charge >= 0.3 is 0 Å². The van der Waals surface area contributed by atoms with Crippen LogP contribution in [0.25, 0.3) is 0 Å². The smallest absolute Gasteiger partial charge is 0.0404 e. The third kappa shape index (κ3) is 6.49. The minimum Gasteiger partial charge on any atom is -0.122 e. The predicted molar refractivity (Wildman–Crippen MR) is 103 cm³/mol. The molecule has 1 aromatic carbocycles. The number of alkyl halides is 1. The summed E-state index contributed by atoms with van der Waals surface area (Å²) in [4.78, 5) is 0. The van der Waals surface area contributed by atoms with Gasteiger partial charge in [0.05, 0.1) is 0 Å². The number of hydrogen-bond acceptors (Lipinski definition) is 0. The first kappa shape index (κ1) is 18.8. The van der Waals surface area contributed by atoms with E-state index in [0.717, 1.165) is 18.3 Å². The lowest BCUT2D eigenvalue weighted by molar-refractivity contribution is 0.255. The van der Waals surface area contributed by atoms with Gasteiger partial charge in [0.25, 0.3) is 0 Å². The summed E-state index contributed by atoms with van der Waals surface area (Å²) >= 11 is 6.76. The van der Waals surface area contributed by atoms with Gasteiger partial charge in [0, 0.05) is 5.38 Å². The average molecular weight is 335 g/mol. The Labute approximate surface area is 149 Å². The van der Waals surface area contributed by atoms with E-state index in [0.29, 0.717) is 5.38 Å². The molecule has 2 rings (SSSR count). The molecule has 1 unspecified atom stereocenters. The van der Waals surface area contributed by atoms with Gasteiger partial charge in [0.2, 0.25) is 0 Å². The van der Waals surface area contributed by atoms with Crippen LogP contribution in [0.1, 0.15) is 82.8 Å². The van der Waals surface area contributed by atoms with Crippen LogP contribution in [0.15, 0.2) is 24.3 Å². The molecule has 0 spiro atoms. The van der Waals surface area contributed by atoms with Crippen LogP contribution in [0, 0.1) is 11.8 Å². The number of rotatable bonds is 9. The highest BCUT2D eigenvalue weighted by atomic mass is 35.5. The van der Waals surface area contributed by atoms with Crippen LogP contribution in [0.5, 0.6) is 0 Å². The molecule has 0 aliphatic heterocycles. The molecular formula is C22H35Cl. The Morgan fingerprint density at radius 3 is 2.17 bits per heavy atom. The zero-order valence-corrected chi connectivity index (χ0v) is 16.0. The van der Waals surface area contributed by atoms with E-state index in [1.54, 1.807) is 0 Å². The number of halogens is 1. The molecular weight excluding hydrogens is 300 g/mol. The molecule has 1 atom stereocenters. The highest BCUT2D eigenvalue weighted by molar-refractivity contribution is 6.20. The van der Waals surface area contributed by atoms with Gasteiger partial charge < -0.3 is 0 Å². The Bertz CT molecular complexity index is 414. The second-order valence-corrected chi connectivity index (χ2v) is 8.12. The molecule has 0 amide bonds. The van der Waals surface area contributed by atoms with Crippen LogP contribution in [0.4, 0.5) is 0 Å². The van der Waals surface area contributed by atoms with E-state index >= 15 is 0 Å². The van der Waals surface area contributed by atoms with E-state index in [9.17, 15) is 0 Å². The van der Waals surface area contributed by atoms with E-state index in [1.807, 2.05) is 0 Å². The average Bonchev–Trinajstić information content (AvgIpc) is 2.57.